The SMILES string of the molecule is NCCCS(=O)(=O)C/C=C/c1cccc(C(F)(F)F)c1. The summed E-state index contributed by atoms with van der Waals surface area (Å²) in [7, 11) is -3.24. The van der Waals surface area contributed by atoms with Crippen molar-refractivity contribution in [3.05, 3.63) is 41.5 Å². The van der Waals surface area contributed by atoms with Crippen LogP contribution in [0.25, 0.3) is 6.08 Å². The van der Waals surface area contributed by atoms with Gasteiger partial charge in [-0.1, -0.05) is 24.3 Å². The molecule has 1 aromatic carbocycles. The van der Waals surface area contributed by atoms with Crippen LogP contribution in [0.5, 0.6) is 0 Å². The summed E-state index contributed by atoms with van der Waals surface area (Å²) < 4.78 is 60.5. The van der Waals surface area contributed by atoms with Gasteiger partial charge in [0.15, 0.2) is 9.84 Å². The first-order chi connectivity index (χ1) is 9.24. The summed E-state index contributed by atoms with van der Waals surface area (Å²) in [6, 6.07) is 4.71. The third kappa shape index (κ3) is 5.75. The largest absolute Gasteiger partial charge is 0.416 e. The minimum atomic E-state index is -4.41. The third-order valence-corrected chi connectivity index (χ3v) is 4.14. The van der Waals surface area contributed by atoms with Crippen molar-refractivity contribution in [3.63, 3.8) is 0 Å². The van der Waals surface area contributed by atoms with Gasteiger partial charge in [0.2, 0.25) is 0 Å². The van der Waals surface area contributed by atoms with Gasteiger partial charge in [-0.15, -0.1) is 0 Å². The highest BCUT2D eigenvalue weighted by Crippen LogP contribution is 2.29. The lowest BCUT2D eigenvalue weighted by Crippen LogP contribution is -2.13. The molecule has 0 saturated heterocycles. The first kappa shape index (κ1) is 16.7. The number of rotatable bonds is 6. The Balaban J connectivity index is 2.72. The van der Waals surface area contributed by atoms with Crippen LogP contribution in [0.1, 0.15) is 17.5 Å². The van der Waals surface area contributed by atoms with Crippen molar-refractivity contribution in [2.24, 2.45) is 5.73 Å². The maximum Gasteiger partial charge on any atom is 0.416 e. The molecule has 0 aliphatic heterocycles. The Morgan fingerprint density at radius 2 is 1.95 bits per heavy atom. The summed E-state index contributed by atoms with van der Waals surface area (Å²) in [5.74, 6) is -0.223. The second-order valence-electron chi connectivity index (χ2n) is 4.28. The fraction of sp³-hybridized carbons (Fsp3) is 0.385. The molecule has 112 valence electrons. The van der Waals surface area contributed by atoms with E-state index in [4.69, 9.17) is 5.73 Å². The summed E-state index contributed by atoms with van der Waals surface area (Å²) in [6.07, 6.45) is -1.31. The molecule has 0 bridgehead atoms. The first-order valence-electron chi connectivity index (χ1n) is 5.99. The number of nitrogens with two attached hydrogens (primary N) is 1. The molecule has 0 radical (unpaired) electrons. The predicted octanol–water partition coefficient (Wildman–Crippen LogP) is 2.48. The molecule has 7 heteroatoms. The van der Waals surface area contributed by atoms with Crippen molar-refractivity contribution in [1.82, 2.24) is 0 Å². The van der Waals surface area contributed by atoms with Crippen LogP contribution in [0, 0.1) is 0 Å². The normalized spacial score (nSPS) is 13.0. The number of hydrogen-bond donors (Lipinski definition) is 1. The molecule has 0 heterocycles. The summed E-state index contributed by atoms with van der Waals surface area (Å²) in [6.45, 7) is 0.288. The van der Waals surface area contributed by atoms with Crippen LogP contribution < -0.4 is 5.73 Å². The molecule has 0 amide bonds. The summed E-state index contributed by atoms with van der Waals surface area (Å²) in [4.78, 5) is 0. The van der Waals surface area contributed by atoms with Crippen molar-refractivity contribution in [2.45, 2.75) is 12.6 Å². The Bertz CT molecular complexity index is 565. The fourth-order valence-corrected chi connectivity index (χ4v) is 2.70. The standard InChI is InChI=1S/C13H16F3NO2S/c14-13(15,16)12-6-1-4-11(10-12)5-2-8-20(18,19)9-3-7-17/h1-2,4-6,10H,3,7-9,17H2/b5-2+. The second-order valence-corrected chi connectivity index (χ2v) is 6.51. The molecule has 1 aromatic rings. The van der Waals surface area contributed by atoms with Crippen LogP contribution in [0.4, 0.5) is 13.2 Å². The summed E-state index contributed by atoms with van der Waals surface area (Å²) in [5.41, 5.74) is 4.78. The van der Waals surface area contributed by atoms with E-state index < -0.39 is 21.6 Å². The molecule has 0 fully saturated rings. The van der Waals surface area contributed by atoms with E-state index in [1.165, 1.54) is 24.3 Å². The van der Waals surface area contributed by atoms with E-state index in [9.17, 15) is 21.6 Å². The third-order valence-electron chi connectivity index (χ3n) is 2.53. The topological polar surface area (TPSA) is 60.2 Å². The van der Waals surface area contributed by atoms with Gasteiger partial charge in [-0.3, -0.25) is 0 Å². The maximum atomic E-state index is 12.5. The monoisotopic (exact) mass is 307 g/mol. The molecule has 0 unspecified atom stereocenters. The van der Waals surface area contributed by atoms with Crippen LogP contribution in [0.15, 0.2) is 30.3 Å². The molecule has 0 atom stereocenters. The van der Waals surface area contributed by atoms with E-state index in [2.05, 4.69) is 0 Å². The lowest BCUT2D eigenvalue weighted by Gasteiger charge is -2.06. The van der Waals surface area contributed by atoms with Crippen LogP contribution in [-0.4, -0.2) is 26.5 Å². The zero-order chi connectivity index (χ0) is 15.2. The first-order valence-corrected chi connectivity index (χ1v) is 7.81. The zero-order valence-electron chi connectivity index (χ0n) is 10.7. The van der Waals surface area contributed by atoms with Crippen LogP contribution in [-0.2, 0) is 16.0 Å². The van der Waals surface area contributed by atoms with E-state index in [1.807, 2.05) is 0 Å². The lowest BCUT2D eigenvalue weighted by atomic mass is 10.1. The Labute approximate surface area is 116 Å². The van der Waals surface area contributed by atoms with E-state index in [0.717, 1.165) is 12.1 Å². The summed E-state index contributed by atoms with van der Waals surface area (Å²) >= 11 is 0. The molecule has 3 nitrogen and oxygen atoms in total. The van der Waals surface area contributed by atoms with Gasteiger partial charge in [0.25, 0.3) is 0 Å². The van der Waals surface area contributed by atoms with Gasteiger partial charge in [-0.2, -0.15) is 13.2 Å². The minimum Gasteiger partial charge on any atom is -0.330 e. The van der Waals surface area contributed by atoms with E-state index >= 15 is 0 Å². The van der Waals surface area contributed by atoms with Crippen molar-refractivity contribution in [2.75, 3.05) is 18.1 Å². The van der Waals surface area contributed by atoms with Crippen molar-refractivity contribution in [3.8, 4) is 0 Å². The van der Waals surface area contributed by atoms with Gasteiger partial charge in [0.05, 0.1) is 17.1 Å². The van der Waals surface area contributed by atoms with Gasteiger partial charge in [0, 0.05) is 0 Å². The Kier molecular flexibility index (Phi) is 5.76. The molecule has 0 aromatic heterocycles. The fourth-order valence-electron chi connectivity index (χ4n) is 1.54. The molecular formula is C13H16F3NO2S. The minimum absolute atomic E-state index is 0.0174. The highest BCUT2D eigenvalue weighted by atomic mass is 32.2. The Hall–Kier alpha value is -1.34. The summed E-state index contributed by atoms with van der Waals surface area (Å²) in [5, 5.41) is 0. The van der Waals surface area contributed by atoms with Gasteiger partial charge in [-0.05, 0) is 30.7 Å². The molecule has 0 spiro atoms. The molecule has 2 N–H and O–H groups in total. The quantitative estimate of drug-likeness (QED) is 0.878. The Morgan fingerprint density at radius 1 is 1.25 bits per heavy atom. The van der Waals surface area contributed by atoms with Gasteiger partial charge < -0.3 is 5.73 Å². The molecular weight excluding hydrogens is 291 g/mol. The molecule has 1 rings (SSSR count). The van der Waals surface area contributed by atoms with Gasteiger partial charge >= 0.3 is 6.18 Å². The number of halogens is 3. The smallest absolute Gasteiger partial charge is 0.330 e. The number of sulfone groups is 1. The lowest BCUT2D eigenvalue weighted by molar-refractivity contribution is -0.137. The average Bonchev–Trinajstić information content (AvgIpc) is 2.36. The molecule has 0 aliphatic carbocycles. The number of alkyl halides is 3. The second kappa shape index (κ2) is 6.90. The predicted molar refractivity (Wildman–Crippen MR) is 72.8 cm³/mol. The number of hydrogen-bond acceptors (Lipinski definition) is 3. The van der Waals surface area contributed by atoms with Crippen molar-refractivity contribution < 1.29 is 21.6 Å². The highest BCUT2D eigenvalue weighted by molar-refractivity contribution is 7.91. The van der Waals surface area contributed by atoms with Gasteiger partial charge in [-0.25, -0.2) is 8.42 Å². The van der Waals surface area contributed by atoms with Crippen molar-refractivity contribution in [1.29, 1.82) is 0 Å². The van der Waals surface area contributed by atoms with Crippen LogP contribution in [0.2, 0.25) is 0 Å². The molecule has 0 saturated carbocycles. The van der Waals surface area contributed by atoms with Crippen molar-refractivity contribution >= 4 is 15.9 Å². The molecule has 20 heavy (non-hydrogen) atoms. The Morgan fingerprint density at radius 3 is 2.55 bits per heavy atom. The van der Waals surface area contributed by atoms with Gasteiger partial charge in [0.1, 0.15) is 0 Å². The van der Waals surface area contributed by atoms with E-state index in [1.54, 1.807) is 0 Å². The maximum absolute atomic E-state index is 12.5. The van der Waals surface area contributed by atoms with Crippen LogP contribution >= 0.6 is 0 Å². The average molecular weight is 307 g/mol. The zero-order valence-corrected chi connectivity index (χ0v) is 11.5. The number of benzene rings is 1. The van der Waals surface area contributed by atoms with E-state index in [0.29, 0.717) is 12.0 Å². The van der Waals surface area contributed by atoms with Crippen LogP contribution in [0.3, 0.4) is 0 Å². The highest BCUT2D eigenvalue weighted by Gasteiger charge is 2.30. The van der Waals surface area contributed by atoms with E-state index in [-0.39, 0.29) is 18.1 Å². The molecule has 0 aliphatic rings.